The average Bonchev–Trinajstić information content (AvgIpc) is 2.11. The van der Waals surface area contributed by atoms with E-state index in [9.17, 15) is 9.90 Å². The molecule has 1 saturated carbocycles. The molecule has 3 heteroatoms. The van der Waals surface area contributed by atoms with Gasteiger partial charge in [0.2, 0.25) is 5.91 Å². The molecule has 3 N–H and O–H groups in total. The molecule has 0 spiro atoms. The summed E-state index contributed by atoms with van der Waals surface area (Å²) < 4.78 is 0. The maximum absolute atomic E-state index is 11.2. The number of carbonyl (C=O) groups excluding carboxylic acids is 1. The third-order valence-corrected chi connectivity index (χ3v) is 3.42. The molecule has 0 aromatic rings. The third kappa shape index (κ3) is 1.46. The first-order chi connectivity index (χ1) is 5.69. The molecular weight excluding hydrogens is 166 g/mol. The number of hydrogen-bond donors (Lipinski definition) is 2. The van der Waals surface area contributed by atoms with Crippen molar-refractivity contribution in [3.05, 3.63) is 0 Å². The number of primary amides is 1. The van der Waals surface area contributed by atoms with Crippen LogP contribution in [0, 0.1) is 16.7 Å². The van der Waals surface area contributed by atoms with E-state index in [0.717, 1.165) is 0 Å². The van der Waals surface area contributed by atoms with E-state index in [4.69, 9.17) is 5.73 Å². The van der Waals surface area contributed by atoms with Gasteiger partial charge in [-0.2, -0.15) is 0 Å². The molecule has 0 aliphatic heterocycles. The molecular formula is C10H19NO2. The van der Waals surface area contributed by atoms with Crippen molar-refractivity contribution in [3.63, 3.8) is 0 Å². The maximum Gasteiger partial charge on any atom is 0.221 e. The molecule has 2 atom stereocenters. The van der Waals surface area contributed by atoms with Gasteiger partial charge in [-0.05, 0) is 11.8 Å². The summed E-state index contributed by atoms with van der Waals surface area (Å²) in [6, 6.07) is 0. The first kappa shape index (κ1) is 10.5. The quantitative estimate of drug-likeness (QED) is 0.637. The van der Waals surface area contributed by atoms with Gasteiger partial charge in [-0.1, -0.05) is 27.7 Å². The zero-order valence-corrected chi connectivity index (χ0v) is 8.79. The van der Waals surface area contributed by atoms with E-state index in [1.54, 1.807) is 0 Å². The Morgan fingerprint density at radius 1 is 1.38 bits per heavy atom. The number of hydrogen-bond acceptors (Lipinski definition) is 2. The lowest BCUT2D eigenvalue weighted by Crippen LogP contribution is -2.38. The third-order valence-electron chi connectivity index (χ3n) is 3.42. The van der Waals surface area contributed by atoms with Crippen LogP contribution in [0.3, 0.4) is 0 Å². The normalized spacial score (nSPS) is 36.1. The molecule has 1 aliphatic carbocycles. The second-order valence-electron chi connectivity index (χ2n) is 5.37. The van der Waals surface area contributed by atoms with E-state index in [-0.39, 0.29) is 17.2 Å². The van der Waals surface area contributed by atoms with Gasteiger partial charge in [0.25, 0.3) is 0 Å². The molecule has 0 saturated heterocycles. The van der Waals surface area contributed by atoms with Gasteiger partial charge in [-0.25, -0.2) is 0 Å². The van der Waals surface area contributed by atoms with Gasteiger partial charge < -0.3 is 10.8 Å². The summed E-state index contributed by atoms with van der Waals surface area (Å²) in [5.41, 5.74) is 4.71. The standard InChI is InChI=1S/C10H19NO2/c1-9(2)5-6(7(11)12)10(3,4)8(9)13/h6,8,13H,5H2,1-4H3,(H2,11,12)/t6-,8+/m1/s1. The van der Waals surface area contributed by atoms with Gasteiger partial charge in [0.15, 0.2) is 0 Å². The number of amides is 1. The first-order valence-corrected chi connectivity index (χ1v) is 4.67. The van der Waals surface area contributed by atoms with Crippen LogP contribution in [-0.2, 0) is 4.79 Å². The van der Waals surface area contributed by atoms with E-state index in [0.29, 0.717) is 6.42 Å². The van der Waals surface area contributed by atoms with Crippen molar-refractivity contribution in [3.8, 4) is 0 Å². The molecule has 1 fully saturated rings. The van der Waals surface area contributed by atoms with Crippen LogP contribution < -0.4 is 5.73 Å². The molecule has 0 bridgehead atoms. The Balaban J connectivity index is 3.00. The molecule has 1 rings (SSSR count). The van der Waals surface area contributed by atoms with Gasteiger partial charge in [-0.15, -0.1) is 0 Å². The monoisotopic (exact) mass is 185 g/mol. The smallest absolute Gasteiger partial charge is 0.221 e. The fourth-order valence-electron chi connectivity index (χ4n) is 2.57. The fourth-order valence-corrected chi connectivity index (χ4v) is 2.57. The van der Waals surface area contributed by atoms with Crippen LogP contribution in [0.4, 0.5) is 0 Å². The fraction of sp³-hybridized carbons (Fsp3) is 0.900. The molecule has 0 aromatic heterocycles. The topological polar surface area (TPSA) is 63.3 Å². The van der Waals surface area contributed by atoms with Crippen LogP contribution in [0.2, 0.25) is 0 Å². The van der Waals surface area contributed by atoms with Crippen LogP contribution in [0.5, 0.6) is 0 Å². The van der Waals surface area contributed by atoms with E-state index < -0.39 is 11.5 Å². The number of aliphatic hydroxyl groups excluding tert-OH is 1. The number of carbonyl (C=O) groups is 1. The Morgan fingerprint density at radius 3 is 2.00 bits per heavy atom. The molecule has 0 heterocycles. The highest BCUT2D eigenvalue weighted by Crippen LogP contribution is 2.52. The zero-order valence-electron chi connectivity index (χ0n) is 8.79. The largest absolute Gasteiger partial charge is 0.392 e. The van der Waals surface area contributed by atoms with Crippen LogP contribution in [-0.4, -0.2) is 17.1 Å². The summed E-state index contributed by atoms with van der Waals surface area (Å²) in [6.45, 7) is 7.76. The summed E-state index contributed by atoms with van der Waals surface area (Å²) in [5, 5.41) is 10.00. The Kier molecular flexibility index (Phi) is 2.19. The van der Waals surface area contributed by atoms with E-state index in [2.05, 4.69) is 0 Å². The highest BCUT2D eigenvalue weighted by molar-refractivity contribution is 5.78. The van der Waals surface area contributed by atoms with Crippen LogP contribution in [0.15, 0.2) is 0 Å². The van der Waals surface area contributed by atoms with Crippen LogP contribution >= 0.6 is 0 Å². The Bertz CT molecular complexity index is 233. The van der Waals surface area contributed by atoms with Gasteiger partial charge >= 0.3 is 0 Å². The Labute approximate surface area is 79.3 Å². The predicted molar refractivity (Wildman–Crippen MR) is 50.9 cm³/mol. The lowest BCUT2D eigenvalue weighted by Gasteiger charge is -2.31. The van der Waals surface area contributed by atoms with Gasteiger partial charge in [0.1, 0.15) is 0 Å². The summed E-state index contributed by atoms with van der Waals surface area (Å²) in [7, 11) is 0. The molecule has 0 radical (unpaired) electrons. The minimum atomic E-state index is -0.461. The zero-order chi connectivity index (χ0) is 10.4. The number of nitrogens with two attached hydrogens (primary N) is 1. The molecule has 76 valence electrons. The summed E-state index contributed by atoms with van der Waals surface area (Å²) in [5.74, 6) is -0.507. The summed E-state index contributed by atoms with van der Waals surface area (Å²) >= 11 is 0. The molecule has 3 nitrogen and oxygen atoms in total. The highest BCUT2D eigenvalue weighted by Gasteiger charge is 2.54. The SMILES string of the molecule is CC1(C)C[C@H](C(N)=O)C(C)(C)[C@H]1O. The molecule has 1 aliphatic rings. The summed E-state index contributed by atoms with van der Waals surface area (Å²) in [6.07, 6.45) is 0.216. The van der Waals surface area contributed by atoms with Crippen molar-refractivity contribution in [1.82, 2.24) is 0 Å². The Morgan fingerprint density at radius 2 is 1.85 bits per heavy atom. The summed E-state index contributed by atoms with van der Waals surface area (Å²) in [4.78, 5) is 11.2. The van der Waals surface area contributed by atoms with Crippen LogP contribution in [0.25, 0.3) is 0 Å². The van der Waals surface area contributed by atoms with Gasteiger partial charge in [0.05, 0.1) is 6.10 Å². The first-order valence-electron chi connectivity index (χ1n) is 4.67. The van der Waals surface area contributed by atoms with Crippen molar-refractivity contribution in [2.24, 2.45) is 22.5 Å². The van der Waals surface area contributed by atoms with Crippen molar-refractivity contribution in [1.29, 1.82) is 0 Å². The molecule has 0 aromatic carbocycles. The minimum Gasteiger partial charge on any atom is -0.392 e. The predicted octanol–water partition coefficient (Wildman–Crippen LogP) is 0.905. The maximum atomic E-state index is 11.2. The second-order valence-corrected chi connectivity index (χ2v) is 5.37. The van der Waals surface area contributed by atoms with Gasteiger partial charge in [0, 0.05) is 11.3 Å². The second kappa shape index (κ2) is 2.71. The van der Waals surface area contributed by atoms with E-state index in [1.807, 2.05) is 27.7 Å². The number of aliphatic hydroxyl groups is 1. The van der Waals surface area contributed by atoms with Crippen molar-refractivity contribution in [2.45, 2.75) is 40.2 Å². The van der Waals surface area contributed by atoms with Crippen LogP contribution in [0.1, 0.15) is 34.1 Å². The van der Waals surface area contributed by atoms with E-state index in [1.165, 1.54) is 0 Å². The molecule has 0 unspecified atom stereocenters. The Hall–Kier alpha value is -0.570. The van der Waals surface area contributed by atoms with Crippen molar-refractivity contribution in [2.75, 3.05) is 0 Å². The minimum absolute atomic E-state index is 0.205. The van der Waals surface area contributed by atoms with Crippen molar-refractivity contribution < 1.29 is 9.90 Å². The number of rotatable bonds is 1. The molecule has 13 heavy (non-hydrogen) atoms. The average molecular weight is 185 g/mol. The van der Waals surface area contributed by atoms with E-state index >= 15 is 0 Å². The van der Waals surface area contributed by atoms with Gasteiger partial charge in [-0.3, -0.25) is 4.79 Å². The highest BCUT2D eigenvalue weighted by atomic mass is 16.3. The molecule has 1 amide bonds. The van der Waals surface area contributed by atoms with Crippen molar-refractivity contribution >= 4 is 5.91 Å². The lowest BCUT2D eigenvalue weighted by atomic mass is 9.78. The lowest BCUT2D eigenvalue weighted by molar-refractivity contribution is -0.125.